The van der Waals surface area contributed by atoms with Crippen LogP contribution in [0.2, 0.25) is 0 Å². The number of anilines is 1. The van der Waals surface area contributed by atoms with E-state index in [4.69, 9.17) is 4.74 Å². The summed E-state index contributed by atoms with van der Waals surface area (Å²) in [6, 6.07) is 16.7. The Bertz CT molecular complexity index is 1360. The average Bonchev–Trinajstić information content (AvgIpc) is 3.52. The minimum Gasteiger partial charge on any atom is -0.465 e. The van der Waals surface area contributed by atoms with Gasteiger partial charge in [-0.15, -0.1) is 11.3 Å². The lowest BCUT2D eigenvalue weighted by Gasteiger charge is -2.41. The number of esters is 1. The zero-order valence-electron chi connectivity index (χ0n) is 21.6. The van der Waals surface area contributed by atoms with E-state index < -0.39 is 12.0 Å². The van der Waals surface area contributed by atoms with Gasteiger partial charge in [0, 0.05) is 18.8 Å². The van der Waals surface area contributed by atoms with E-state index in [1.54, 1.807) is 46.2 Å². The van der Waals surface area contributed by atoms with Crippen LogP contribution >= 0.6 is 11.3 Å². The highest BCUT2D eigenvalue weighted by Gasteiger charge is 2.38. The number of nitrogens with zero attached hydrogens (tertiary/aromatic N) is 2. The molecule has 10 heteroatoms. The Kier molecular flexibility index (Phi) is 7.92. The molecule has 1 aromatic heterocycles. The van der Waals surface area contributed by atoms with Gasteiger partial charge in [-0.2, -0.15) is 0 Å². The Hall–Kier alpha value is -4.18. The Morgan fingerprint density at radius 3 is 2.51 bits per heavy atom. The van der Waals surface area contributed by atoms with Gasteiger partial charge in [0.15, 0.2) is 0 Å². The van der Waals surface area contributed by atoms with Crippen molar-refractivity contribution in [2.45, 2.75) is 31.3 Å². The molecule has 0 radical (unpaired) electrons. The van der Waals surface area contributed by atoms with Crippen LogP contribution in [0.25, 0.3) is 0 Å². The first-order valence-corrected chi connectivity index (χ1v) is 13.8. The lowest BCUT2D eigenvalue weighted by molar-refractivity contribution is -0.128. The lowest BCUT2D eigenvalue weighted by Crippen LogP contribution is -2.62. The first-order valence-electron chi connectivity index (χ1n) is 12.9. The van der Waals surface area contributed by atoms with Gasteiger partial charge in [0.2, 0.25) is 5.91 Å². The zero-order valence-corrected chi connectivity index (χ0v) is 22.4. The van der Waals surface area contributed by atoms with Crippen LogP contribution in [0.1, 0.15) is 50.0 Å². The molecule has 1 fully saturated rings. The second kappa shape index (κ2) is 11.7. The fraction of sp³-hybridized carbons (Fsp3) is 0.310. The molecule has 2 N–H and O–H groups in total. The van der Waals surface area contributed by atoms with E-state index in [1.165, 1.54) is 24.0 Å². The second-order valence-electron chi connectivity index (χ2n) is 9.59. The maximum absolute atomic E-state index is 13.7. The van der Waals surface area contributed by atoms with E-state index in [0.717, 1.165) is 24.8 Å². The summed E-state index contributed by atoms with van der Waals surface area (Å²) in [4.78, 5) is 55.6. The van der Waals surface area contributed by atoms with Gasteiger partial charge in [0.05, 0.1) is 30.1 Å². The van der Waals surface area contributed by atoms with Gasteiger partial charge in [-0.25, -0.2) is 9.59 Å². The summed E-state index contributed by atoms with van der Waals surface area (Å²) in [6.45, 7) is 0.563. The number of carbonyl (C=O) groups excluding carboxylic acids is 4. The first kappa shape index (κ1) is 26.4. The molecule has 1 saturated heterocycles. The van der Waals surface area contributed by atoms with E-state index in [9.17, 15) is 19.2 Å². The van der Waals surface area contributed by atoms with Crippen molar-refractivity contribution in [1.82, 2.24) is 15.1 Å². The second-order valence-corrected chi connectivity index (χ2v) is 10.5. The van der Waals surface area contributed by atoms with Crippen LogP contribution in [0.4, 0.5) is 10.5 Å². The molecule has 9 nitrogen and oxygen atoms in total. The molecule has 0 saturated carbocycles. The standard InChI is InChI=1S/C29H30N4O5S/c1-38-28(36)20-11-13-21(14-12-20)30-29(37)32-15-16-33(27(35)25-10-5-17-39-25)24(18-32)26(34)31-23-9-4-7-19-6-2-3-8-22(19)23/h2-3,5-6,8,10-14,17,23-24H,4,7,9,15-16,18H2,1H3,(H,30,37)(H,31,34). The maximum atomic E-state index is 13.7. The highest BCUT2D eigenvalue weighted by molar-refractivity contribution is 7.12. The van der Waals surface area contributed by atoms with Crippen LogP contribution in [-0.2, 0) is 16.0 Å². The third-order valence-electron chi connectivity index (χ3n) is 7.21. The zero-order chi connectivity index (χ0) is 27.4. The van der Waals surface area contributed by atoms with Crippen LogP contribution in [0, 0.1) is 0 Å². The van der Waals surface area contributed by atoms with E-state index in [0.29, 0.717) is 16.1 Å². The Balaban J connectivity index is 1.32. The molecular weight excluding hydrogens is 516 g/mol. The number of carbonyl (C=O) groups is 4. The number of hydrogen-bond acceptors (Lipinski definition) is 6. The van der Waals surface area contributed by atoms with Crippen molar-refractivity contribution in [3.8, 4) is 0 Å². The van der Waals surface area contributed by atoms with Crippen LogP contribution < -0.4 is 10.6 Å². The van der Waals surface area contributed by atoms with Crippen molar-refractivity contribution >= 4 is 40.8 Å². The molecule has 2 aliphatic rings. The largest absolute Gasteiger partial charge is 0.465 e. The number of nitrogens with one attached hydrogen (secondary N) is 2. The molecule has 0 spiro atoms. The molecule has 2 atom stereocenters. The first-order chi connectivity index (χ1) is 18.9. The SMILES string of the molecule is COC(=O)c1ccc(NC(=O)N2CCN(C(=O)c3cccs3)C(C(=O)NC3CCCc4ccccc43)C2)cc1. The summed E-state index contributed by atoms with van der Waals surface area (Å²) in [7, 11) is 1.31. The van der Waals surface area contributed by atoms with Crippen molar-refractivity contribution in [3.63, 3.8) is 0 Å². The molecule has 4 amide bonds. The van der Waals surface area contributed by atoms with Crippen LogP contribution in [0.15, 0.2) is 66.0 Å². The smallest absolute Gasteiger partial charge is 0.337 e. The number of fused-ring (bicyclic) bond motifs is 1. The molecule has 202 valence electrons. The number of thiophene rings is 1. The molecule has 1 aliphatic carbocycles. The molecular formula is C29H30N4O5S. The number of rotatable bonds is 5. The number of piperazine rings is 1. The quantitative estimate of drug-likeness (QED) is 0.469. The van der Waals surface area contributed by atoms with E-state index in [2.05, 4.69) is 16.7 Å². The predicted octanol–water partition coefficient (Wildman–Crippen LogP) is 4.09. The van der Waals surface area contributed by atoms with E-state index >= 15 is 0 Å². The van der Waals surface area contributed by atoms with Gasteiger partial charge < -0.3 is 25.2 Å². The van der Waals surface area contributed by atoms with Crippen molar-refractivity contribution in [2.75, 3.05) is 32.1 Å². The Labute approximate surface area is 230 Å². The summed E-state index contributed by atoms with van der Waals surface area (Å²) in [6.07, 6.45) is 2.76. The molecule has 5 rings (SSSR count). The predicted molar refractivity (Wildman–Crippen MR) is 148 cm³/mol. The van der Waals surface area contributed by atoms with Crippen LogP contribution in [-0.4, -0.2) is 66.4 Å². The highest BCUT2D eigenvalue weighted by Crippen LogP contribution is 2.30. The van der Waals surface area contributed by atoms with Gasteiger partial charge in [-0.3, -0.25) is 9.59 Å². The summed E-state index contributed by atoms with van der Waals surface area (Å²) < 4.78 is 4.71. The number of methoxy groups -OCH3 is 1. The third-order valence-corrected chi connectivity index (χ3v) is 8.06. The van der Waals surface area contributed by atoms with E-state index in [1.807, 2.05) is 23.6 Å². The summed E-state index contributed by atoms with van der Waals surface area (Å²) in [5.41, 5.74) is 3.21. The number of aryl methyl sites for hydroxylation is 1. The van der Waals surface area contributed by atoms with Gasteiger partial charge in [0.25, 0.3) is 5.91 Å². The summed E-state index contributed by atoms with van der Waals surface area (Å²) in [5.74, 6) is -0.956. The normalized spacial score (nSPS) is 18.6. The monoisotopic (exact) mass is 546 g/mol. The molecule has 2 aromatic carbocycles. The van der Waals surface area contributed by atoms with Gasteiger partial charge in [0.1, 0.15) is 6.04 Å². The molecule has 39 heavy (non-hydrogen) atoms. The van der Waals surface area contributed by atoms with Crippen molar-refractivity contribution in [3.05, 3.63) is 87.6 Å². The highest BCUT2D eigenvalue weighted by atomic mass is 32.1. The minimum atomic E-state index is -0.838. The number of benzene rings is 2. The van der Waals surface area contributed by atoms with Crippen molar-refractivity contribution in [2.24, 2.45) is 0 Å². The number of hydrogen-bond donors (Lipinski definition) is 2. The minimum absolute atomic E-state index is 0.0589. The fourth-order valence-corrected chi connectivity index (χ4v) is 5.84. The maximum Gasteiger partial charge on any atom is 0.337 e. The number of amides is 4. The number of ether oxygens (including phenoxy) is 1. The molecule has 3 aromatic rings. The molecule has 0 bridgehead atoms. The molecule has 1 aliphatic heterocycles. The fourth-order valence-electron chi connectivity index (χ4n) is 5.16. The Morgan fingerprint density at radius 1 is 0.974 bits per heavy atom. The van der Waals surface area contributed by atoms with Gasteiger partial charge in [-0.1, -0.05) is 30.3 Å². The number of urea groups is 1. The lowest BCUT2D eigenvalue weighted by atomic mass is 9.87. The third kappa shape index (κ3) is 5.80. The molecule has 2 heterocycles. The van der Waals surface area contributed by atoms with Crippen molar-refractivity contribution in [1.29, 1.82) is 0 Å². The summed E-state index contributed by atoms with van der Waals surface area (Å²) >= 11 is 1.33. The van der Waals surface area contributed by atoms with Gasteiger partial charge >= 0.3 is 12.0 Å². The molecule has 2 unspecified atom stereocenters. The van der Waals surface area contributed by atoms with Gasteiger partial charge in [-0.05, 0) is 66.1 Å². The van der Waals surface area contributed by atoms with E-state index in [-0.39, 0.29) is 43.5 Å². The van der Waals surface area contributed by atoms with Crippen LogP contribution in [0.5, 0.6) is 0 Å². The van der Waals surface area contributed by atoms with Crippen LogP contribution in [0.3, 0.4) is 0 Å². The summed E-state index contributed by atoms with van der Waals surface area (Å²) in [5, 5.41) is 7.83. The average molecular weight is 547 g/mol. The topological polar surface area (TPSA) is 108 Å². The Morgan fingerprint density at radius 2 is 1.77 bits per heavy atom. The van der Waals surface area contributed by atoms with Crippen molar-refractivity contribution < 1.29 is 23.9 Å².